The number of nitriles is 1. The summed E-state index contributed by atoms with van der Waals surface area (Å²) in [4.78, 5) is 1.00. The van der Waals surface area contributed by atoms with Crippen LogP contribution < -0.4 is 15.2 Å². The van der Waals surface area contributed by atoms with E-state index in [9.17, 15) is 5.26 Å². The van der Waals surface area contributed by atoms with Crippen molar-refractivity contribution in [3.05, 3.63) is 82.6 Å². The van der Waals surface area contributed by atoms with Crippen LogP contribution in [0, 0.1) is 11.3 Å². The van der Waals surface area contributed by atoms with Crippen LogP contribution in [0.3, 0.4) is 0 Å². The van der Waals surface area contributed by atoms with Crippen molar-refractivity contribution in [3.8, 4) is 17.6 Å². The van der Waals surface area contributed by atoms with Crippen molar-refractivity contribution >= 4 is 32.2 Å². The topological polar surface area (TPSA) is 68.3 Å². The number of hydrogen-bond acceptors (Lipinski definition) is 5. The lowest BCUT2D eigenvalue weighted by Crippen LogP contribution is -2.20. The zero-order valence-electron chi connectivity index (χ0n) is 15.1. The van der Waals surface area contributed by atoms with E-state index in [2.05, 4.69) is 18.2 Å². The molecule has 1 aliphatic heterocycles. The van der Waals surface area contributed by atoms with Gasteiger partial charge >= 0.3 is 0 Å². The molecule has 0 spiro atoms. The zero-order valence-corrected chi connectivity index (χ0v) is 15.9. The van der Waals surface area contributed by atoms with Gasteiger partial charge in [0.05, 0.1) is 17.9 Å². The van der Waals surface area contributed by atoms with Gasteiger partial charge in [-0.1, -0.05) is 42.5 Å². The lowest BCUT2D eigenvalue weighted by molar-refractivity contribution is 0.401. The molecule has 0 saturated heterocycles. The van der Waals surface area contributed by atoms with Crippen LogP contribution >= 0.6 is 11.3 Å². The summed E-state index contributed by atoms with van der Waals surface area (Å²) in [5.41, 5.74) is 7.66. The van der Waals surface area contributed by atoms with E-state index in [0.29, 0.717) is 5.57 Å². The number of allylic oxidation sites excluding steroid dienone is 1. The first-order chi connectivity index (χ1) is 13.7. The summed E-state index contributed by atoms with van der Waals surface area (Å²) < 4.78 is 12.6. The van der Waals surface area contributed by atoms with Crippen molar-refractivity contribution in [3.63, 3.8) is 0 Å². The quantitative estimate of drug-likeness (QED) is 0.510. The molecule has 0 unspecified atom stereocenters. The van der Waals surface area contributed by atoms with Crippen molar-refractivity contribution in [1.82, 2.24) is 0 Å². The second-order valence-corrected chi connectivity index (χ2v) is 7.70. The average molecular weight is 384 g/mol. The molecular weight excluding hydrogens is 368 g/mol. The smallest absolute Gasteiger partial charge is 0.205 e. The summed E-state index contributed by atoms with van der Waals surface area (Å²) in [6.07, 6.45) is 0. The zero-order chi connectivity index (χ0) is 19.3. The number of nitrogens with two attached hydrogens (primary N) is 1. The highest BCUT2D eigenvalue weighted by molar-refractivity contribution is 7.19. The second kappa shape index (κ2) is 6.29. The Morgan fingerprint density at radius 2 is 1.71 bits per heavy atom. The fourth-order valence-corrected chi connectivity index (χ4v) is 5.18. The average Bonchev–Trinajstić information content (AvgIpc) is 3.10. The molecule has 1 aliphatic rings. The lowest BCUT2D eigenvalue weighted by atomic mass is 9.85. The number of benzene rings is 3. The summed E-state index contributed by atoms with van der Waals surface area (Å²) in [5, 5.41) is 12.9. The first-order valence-electron chi connectivity index (χ1n) is 8.87. The van der Waals surface area contributed by atoms with E-state index in [1.807, 2.05) is 48.5 Å². The van der Waals surface area contributed by atoms with Gasteiger partial charge in [0.2, 0.25) is 5.88 Å². The Balaban J connectivity index is 1.85. The largest absolute Gasteiger partial charge is 0.496 e. The molecule has 0 fully saturated rings. The molecule has 2 heterocycles. The molecule has 1 atom stereocenters. The normalized spacial score (nSPS) is 15.9. The Labute approximate surface area is 166 Å². The molecule has 5 rings (SSSR count). The Morgan fingerprint density at radius 1 is 1.00 bits per heavy atom. The van der Waals surface area contributed by atoms with Crippen molar-refractivity contribution in [2.75, 3.05) is 7.11 Å². The molecule has 0 amide bonds. The minimum absolute atomic E-state index is 0.170. The molecule has 136 valence electrons. The van der Waals surface area contributed by atoms with Gasteiger partial charge in [-0.3, -0.25) is 0 Å². The van der Waals surface area contributed by atoms with Gasteiger partial charge in [-0.2, -0.15) is 5.26 Å². The van der Waals surface area contributed by atoms with E-state index in [1.165, 1.54) is 0 Å². The number of thiophene rings is 1. The summed E-state index contributed by atoms with van der Waals surface area (Å²) in [5.74, 6) is 1.45. The third-order valence-electron chi connectivity index (χ3n) is 5.17. The highest BCUT2D eigenvalue weighted by Crippen LogP contribution is 2.51. The van der Waals surface area contributed by atoms with Crippen molar-refractivity contribution < 1.29 is 9.47 Å². The summed E-state index contributed by atoms with van der Waals surface area (Å²) in [6.45, 7) is 0. The van der Waals surface area contributed by atoms with Gasteiger partial charge < -0.3 is 15.2 Å². The molecule has 1 aromatic heterocycles. The summed E-state index contributed by atoms with van der Waals surface area (Å²) >= 11 is 1.65. The third kappa shape index (κ3) is 2.29. The standard InChI is InChI=1S/C23H16N2O2S/c1-26-18-11-10-15(13-6-2-3-7-14(13)18)20-17(12-24)23(25)27-21-16-8-4-5-9-19(16)28-22(20)21/h2-11,20H,25H2,1H3/t20-/m0/s1. The van der Waals surface area contributed by atoms with Crippen LogP contribution in [0.5, 0.6) is 11.5 Å². The van der Waals surface area contributed by atoms with E-state index >= 15 is 0 Å². The molecule has 0 bridgehead atoms. The van der Waals surface area contributed by atoms with Crippen LogP contribution in [0.1, 0.15) is 16.4 Å². The minimum atomic E-state index is -0.276. The van der Waals surface area contributed by atoms with Gasteiger partial charge in [-0.05, 0) is 29.1 Å². The maximum absolute atomic E-state index is 9.88. The third-order valence-corrected chi connectivity index (χ3v) is 6.39. The Hall–Kier alpha value is -3.49. The van der Waals surface area contributed by atoms with Gasteiger partial charge in [0.1, 0.15) is 17.4 Å². The van der Waals surface area contributed by atoms with E-state index in [-0.39, 0.29) is 11.8 Å². The Morgan fingerprint density at radius 3 is 2.46 bits per heavy atom. The maximum atomic E-state index is 9.88. The monoisotopic (exact) mass is 384 g/mol. The number of hydrogen-bond donors (Lipinski definition) is 1. The van der Waals surface area contributed by atoms with Crippen LogP contribution in [0.4, 0.5) is 0 Å². The predicted octanol–water partition coefficient (Wildman–Crippen LogP) is 5.28. The molecule has 5 heteroatoms. The van der Waals surface area contributed by atoms with Crippen molar-refractivity contribution in [2.24, 2.45) is 5.73 Å². The van der Waals surface area contributed by atoms with E-state index in [1.54, 1.807) is 18.4 Å². The Kier molecular flexibility index (Phi) is 3.75. The van der Waals surface area contributed by atoms with Crippen molar-refractivity contribution in [2.45, 2.75) is 5.92 Å². The van der Waals surface area contributed by atoms with Crippen LogP contribution in [0.2, 0.25) is 0 Å². The highest BCUT2D eigenvalue weighted by atomic mass is 32.1. The van der Waals surface area contributed by atoms with Crippen LogP contribution in [0.15, 0.2) is 72.1 Å². The fraction of sp³-hybridized carbons (Fsp3) is 0.0870. The van der Waals surface area contributed by atoms with Crippen LogP contribution in [0.25, 0.3) is 20.9 Å². The molecule has 0 saturated carbocycles. The number of methoxy groups -OCH3 is 1. The van der Waals surface area contributed by atoms with Crippen molar-refractivity contribution in [1.29, 1.82) is 5.26 Å². The van der Waals surface area contributed by atoms with Crippen LogP contribution in [-0.2, 0) is 0 Å². The lowest BCUT2D eigenvalue weighted by Gasteiger charge is -2.25. The summed E-state index contributed by atoms with van der Waals surface area (Å²) in [6, 6.07) is 22.4. The first kappa shape index (κ1) is 16.7. The highest BCUT2D eigenvalue weighted by Gasteiger charge is 2.34. The molecular formula is C23H16N2O2S. The second-order valence-electron chi connectivity index (χ2n) is 6.62. The number of rotatable bonds is 2. The van der Waals surface area contributed by atoms with Gasteiger partial charge in [0.25, 0.3) is 0 Å². The van der Waals surface area contributed by atoms with Gasteiger partial charge in [0, 0.05) is 15.5 Å². The summed E-state index contributed by atoms with van der Waals surface area (Å²) in [7, 11) is 1.67. The fourth-order valence-electron chi connectivity index (χ4n) is 3.92. The first-order valence-corrected chi connectivity index (χ1v) is 9.69. The number of nitrogens with zero attached hydrogens (tertiary/aromatic N) is 1. The van der Waals surface area contributed by atoms with Gasteiger partial charge in [-0.25, -0.2) is 0 Å². The maximum Gasteiger partial charge on any atom is 0.205 e. The van der Waals surface area contributed by atoms with Gasteiger partial charge in [-0.15, -0.1) is 11.3 Å². The van der Waals surface area contributed by atoms with E-state index in [4.69, 9.17) is 15.2 Å². The van der Waals surface area contributed by atoms with Gasteiger partial charge in [0.15, 0.2) is 5.75 Å². The molecule has 3 aromatic carbocycles. The number of ether oxygens (including phenoxy) is 2. The number of fused-ring (bicyclic) bond motifs is 4. The van der Waals surface area contributed by atoms with E-state index in [0.717, 1.165) is 42.8 Å². The molecule has 0 radical (unpaired) electrons. The minimum Gasteiger partial charge on any atom is -0.496 e. The SMILES string of the molecule is COc1ccc([C@H]2C(C#N)=C(N)Oc3c2sc2ccccc32)c2ccccc12. The molecule has 4 aromatic rings. The van der Waals surface area contributed by atoms with E-state index < -0.39 is 0 Å². The van der Waals surface area contributed by atoms with Crippen LogP contribution in [-0.4, -0.2) is 7.11 Å². The molecule has 28 heavy (non-hydrogen) atoms. The molecule has 4 nitrogen and oxygen atoms in total. The Bertz CT molecular complexity index is 1310. The predicted molar refractivity (Wildman–Crippen MR) is 112 cm³/mol. The molecule has 0 aliphatic carbocycles. The molecule has 2 N–H and O–H groups in total.